The number of rotatable bonds is 1. The van der Waals surface area contributed by atoms with Gasteiger partial charge in [0.25, 0.3) is 0 Å². The SMILES string of the molecule is CC1SCCN(C(N)=NC2CCCCC2)C1C. The third kappa shape index (κ3) is 3.30. The quantitative estimate of drug-likeness (QED) is 0.578. The van der Waals surface area contributed by atoms with Gasteiger partial charge in [-0.2, -0.15) is 11.8 Å². The van der Waals surface area contributed by atoms with Crippen molar-refractivity contribution in [1.29, 1.82) is 0 Å². The predicted octanol–water partition coefficient (Wildman–Crippen LogP) is 2.46. The maximum absolute atomic E-state index is 6.20. The minimum Gasteiger partial charge on any atom is -0.370 e. The zero-order valence-corrected chi connectivity index (χ0v) is 11.9. The van der Waals surface area contributed by atoms with Crippen LogP contribution in [-0.4, -0.2) is 40.5 Å². The molecule has 4 heteroatoms. The fraction of sp³-hybridized carbons (Fsp3) is 0.923. The first-order valence-electron chi connectivity index (χ1n) is 6.90. The van der Waals surface area contributed by atoms with Crippen LogP contribution in [0.3, 0.4) is 0 Å². The van der Waals surface area contributed by atoms with Crippen molar-refractivity contribution >= 4 is 17.7 Å². The molecule has 1 heterocycles. The number of guanidine groups is 1. The number of aliphatic imine (C=N–C) groups is 1. The monoisotopic (exact) mass is 255 g/mol. The Labute approximate surface area is 109 Å². The van der Waals surface area contributed by atoms with E-state index in [4.69, 9.17) is 10.7 Å². The van der Waals surface area contributed by atoms with Crippen molar-refractivity contribution in [2.45, 2.75) is 63.3 Å². The molecule has 2 aliphatic rings. The molecule has 17 heavy (non-hydrogen) atoms. The average Bonchev–Trinajstić information content (AvgIpc) is 2.34. The van der Waals surface area contributed by atoms with E-state index < -0.39 is 0 Å². The highest BCUT2D eigenvalue weighted by molar-refractivity contribution is 8.00. The number of hydrogen-bond donors (Lipinski definition) is 1. The Morgan fingerprint density at radius 1 is 1.24 bits per heavy atom. The van der Waals surface area contributed by atoms with Crippen LogP contribution in [0.1, 0.15) is 46.0 Å². The number of hydrogen-bond acceptors (Lipinski definition) is 2. The fourth-order valence-corrected chi connectivity index (χ4v) is 3.83. The summed E-state index contributed by atoms with van der Waals surface area (Å²) < 4.78 is 0. The van der Waals surface area contributed by atoms with Gasteiger partial charge in [0.2, 0.25) is 0 Å². The molecule has 0 bridgehead atoms. The van der Waals surface area contributed by atoms with Gasteiger partial charge in [-0.05, 0) is 19.8 Å². The van der Waals surface area contributed by atoms with E-state index in [0.29, 0.717) is 17.3 Å². The Morgan fingerprint density at radius 3 is 2.65 bits per heavy atom. The Bertz CT molecular complexity index is 274. The molecule has 1 aliphatic heterocycles. The van der Waals surface area contributed by atoms with E-state index in [2.05, 4.69) is 18.7 Å². The largest absolute Gasteiger partial charge is 0.370 e. The Morgan fingerprint density at radius 2 is 1.94 bits per heavy atom. The average molecular weight is 255 g/mol. The van der Waals surface area contributed by atoms with Crippen molar-refractivity contribution in [1.82, 2.24) is 4.90 Å². The third-order valence-corrected chi connectivity index (χ3v) is 5.41. The lowest BCUT2D eigenvalue weighted by Gasteiger charge is -2.38. The summed E-state index contributed by atoms with van der Waals surface area (Å²) in [7, 11) is 0. The van der Waals surface area contributed by atoms with Crippen molar-refractivity contribution in [3.63, 3.8) is 0 Å². The summed E-state index contributed by atoms with van der Waals surface area (Å²) >= 11 is 2.04. The normalized spacial score (nSPS) is 32.8. The van der Waals surface area contributed by atoms with Crippen molar-refractivity contribution in [3.05, 3.63) is 0 Å². The summed E-state index contributed by atoms with van der Waals surface area (Å²) in [6.45, 7) is 5.60. The van der Waals surface area contributed by atoms with E-state index in [1.807, 2.05) is 11.8 Å². The smallest absolute Gasteiger partial charge is 0.191 e. The molecule has 2 atom stereocenters. The summed E-state index contributed by atoms with van der Waals surface area (Å²) in [4.78, 5) is 7.06. The van der Waals surface area contributed by atoms with Gasteiger partial charge in [-0.25, -0.2) is 4.99 Å². The molecule has 2 unspecified atom stereocenters. The minimum atomic E-state index is 0.487. The van der Waals surface area contributed by atoms with Gasteiger partial charge in [0.1, 0.15) is 0 Å². The van der Waals surface area contributed by atoms with Gasteiger partial charge < -0.3 is 10.6 Å². The fourth-order valence-electron chi connectivity index (χ4n) is 2.73. The van der Waals surface area contributed by atoms with Crippen LogP contribution in [0, 0.1) is 0 Å². The Balaban J connectivity index is 1.97. The van der Waals surface area contributed by atoms with Crippen LogP contribution in [-0.2, 0) is 0 Å². The molecule has 98 valence electrons. The second-order valence-electron chi connectivity index (χ2n) is 5.29. The van der Waals surface area contributed by atoms with E-state index in [1.54, 1.807) is 0 Å². The molecule has 0 aromatic heterocycles. The first kappa shape index (κ1) is 13.1. The summed E-state index contributed by atoms with van der Waals surface area (Å²) in [5.41, 5.74) is 6.20. The minimum absolute atomic E-state index is 0.487. The van der Waals surface area contributed by atoms with Crippen LogP contribution in [0.2, 0.25) is 0 Å². The Hall–Kier alpha value is -0.380. The van der Waals surface area contributed by atoms with Crippen molar-refractivity contribution < 1.29 is 0 Å². The standard InChI is InChI=1S/C13H25N3S/c1-10-11(2)17-9-8-16(10)13(14)15-12-6-4-3-5-7-12/h10-12H,3-9H2,1-2H3,(H2,14,15). The van der Waals surface area contributed by atoms with Crippen molar-refractivity contribution in [3.8, 4) is 0 Å². The predicted molar refractivity (Wildman–Crippen MR) is 76.6 cm³/mol. The maximum Gasteiger partial charge on any atom is 0.191 e. The number of thioether (sulfide) groups is 1. The molecule has 2 rings (SSSR count). The second kappa shape index (κ2) is 5.98. The molecule has 3 nitrogen and oxygen atoms in total. The lowest BCUT2D eigenvalue weighted by atomic mass is 9.96. The van der Waals surface area contributed by atoms with Gasteiger partial charge in [-0.1, -0.05) is 26.2 Å². The van der Waals surface area contributed by atoms with Gasteiger partial charge in [0.15, 0.2) is 5.96 Å². The molecular weight excluding hydrogens is 230 g/mol. The van der Waals surface area contributed by atoms with E-state index in [0.717, 1.165) is 12.5 Å². The first-order chi connectivity index (χ1) is 8.18. The molecule has 0 aromatic carbocycles. The second-order valence-corrected chi connectivity index (χ2v) is 6.77. The van der Waals surface area contributed by atoms with Crippen LogP contribution in [0.15, 0.2) is 4.99 Å². The molecule has 0 spiro atoms. The van der Waals surface area contributed by atoms with Gasteiger partial charge in [-0.3, -0.25) is 0 Å². The topological polar surface area (TPSA) is 41.6 Å². The molecule has 1 saturated carbocycles. The summed E-state index contributed by atoms with van der Waals surface area (Å²) in [5.74, 6) is 1.96. The molecular formula is C13H25N3S. The molecule has 2 fully saturated rings. The highest BCUT2D eigenvalue weighted by Gasteiger charge is 2.27. The highest BCUT2D eigenvalue weighted by Crippen LogP contribution is 2.25. The van der Waals surface area contributed by atoms with Crippen LogP contribution >= 0.6 is 11.8 Å². The third-order valence-electron chi connectivity index (χ3n) is 4.07. The summed E-state index contributed by atoms with van der Waals surface area (Å²) in [5, 5.41) is 0.656. The van der Waals surface area contributed by atoms with E-state index in [9.17, 15) is 0 Å². The number of nitrogens with two attached hydrogens (primary N) is 1. The molecule has 0 amide bonds. The van der Waals surface area contributed by atoms with Crippen molar-refractivity contribution in [2.24, 2.45) is 10.7 Å². The Kier molecular flexibility index (Phi) is 4.60. The maximum atomic E-state index is 6.20. The van der Waals surface area contributed by atoms with Crippen LogP contribution in [0.5, 0.6) is 0 Å². The van der Waals surface area contributed by atoms with Crippen molar-refractivity contribution in [2.75, 3.05) is 12.3 Å². The molecule has 1 aliphatic carbocycles. The summed E-state index contributed by atoms with van der Waals surface area (Å²) in [6, 6.07) is 1.00. The van der Waals surface area contributed by atoms with Gasteiger partial charge in [0, 0.05) is 23.6 Å². The zero-order chi connectivity index (χ0) is 12.3. The van der Waals surface area contributed by atoms with Gasteiger partial charge >= 0.3 is 0 Å². The lowest BCUT2D eigenvalue weighted by molar-refractivity contribution is 0.325. The highest BCUT2D eigenvalue weighted by atomic mass is 32.2. The molecule has 1 saturated heterocycles. The lowest BCUT2D eigenvalue weighted by Crippen LogP contribution is -2.51. The first-order valence-corrected chi connectivity index (χ1v) is 7.95. The summed E-state index contributed by atoms with van der Waals surface area (Å²) in [6.07, 6.45) is 6.48. The zero-order valence-electron chi connectivity index (χ0n) is 11.1. The van der Waals surface area contributed by atoms with E-state index in [1.165, 1.54) is 37.9 Å². The molecule has 0 radical (unpaired) electrons. The van der Waals surface area contributed by atoms with E-state index >= 15 is 0 Å². The van der Waals surface area contributed by atoms with Crippen LogP contribution in [0.4, 0.5) is 0 Å². The number of nitrogens with zero attached hydrogens (tertiary/aromatic N) is 2. The van der Waals surface area contributed by atoms with Crippen LogP contribution in [0.25, 0.3) is 0 Å². The van der Waals surface area contributed by atoms with Gasteiger partial charge in [0.05, 0.1) is 6.04 Å². The molecule has 2 N–H and O–H groups in total. The molecule has 0 aromatic rings. The van der Waals surface area contributed by atoms with Crippen LogP contribution < -0.4 is 5.73 Å². The van der Waals surface area contributed by atoms with Gasteiger partial charge in [-0.15, -0.1) is 0 Å². The van der Waals surface area contributed by atoms with E-state index in [-0.39, 0.29) is 0 Å².